The Bertz CT molecular complexity index is 807. The molecular weight excluding hydrogens is 372 g/mol. The van der Waals surface area contributed by atoms with Crippen LogP contribution in [0.1, 0.15) is 42.4 Å². The van der Waals surface area contributed by atoms with Crippen molar-refractivity contribution in [3.8, 4) is 0 Å². The molecule has 150 valence electrons. The van der Waals surface area contributed by atoms with Gasteiger partial charge >= 0.3 is 0 Å². The molecule has 1 saturated heterocycles. The number of rotatable bonds is 7. The summed E-state index contributed by atoms with van der Waals surface area (Å²) in [6, 6.07) is 9.94. The van der Waals surface area contributed by atoms with Crippen LogP contribution in [0.3, 0.4) is 0 Å². The van der Waals surface area contributed by atoms with Gasteiger partial charge in [0.05, 0.1) is 13.2 Å². The maximum atomic E-state index is 12.2. The summed E-state index contributed by atoms with van der Waals surface area (Å²) in [6.45, 7) is 9.22. The molecule has 1 aromatic heterocycles. The molecule has 0 unspecified atom stereocenters. The van der Waals surface area contributed by atoms with Crippen molar-refractivity contribution in [1.29, 1.82) is 0 Å². The number of carbonyl (C=O) groups excluding carboxylic acids is 1. The number of amides is 1. The molecule has 1 aliphatic heterocycles. The quantitative estimate of drug-likeness (QED) is 0.568. The van der Waals surface area contributed by atoms with Crippen LogP contribution >= 0.6 is 11.8 Å². The molecule has 3 rings (SSSR count). The van der Waals surface area contributed by atoms with Gasteiger partial charge in [0.15, 0.2) is 5.16 Å². The van der Waals surface area contributed by atoms with Crippen LogP contribution in [-0.4, -0.2) is 48.2 Å². The lowest BCUT2D eigenvalue weighted by molar-refractivity contribution is 0.0943. The number of nitrogens with one attached hydrogen (secondary N) is 1. The first-order chi connectivity index (χ1) is 13.5. The number of hydrogen-bond donors (Lipinski definition) is 1. The van der Waals surface area contributed by atoms with Crippen molar-refractivity contribution < 1.29 is 9.53 Å². The molecule has 28 heavy (non-hydrogen) atoms. The van der Waals surface area contributed by atoms with Gasteiger partial charge in [-0.25, -0.2) is 9.97 Å². The first kappa shape index (κ1) is 20.6. The van der Waals surface area contributed by atoms with Gasteiger partial charge in [-0.1, -0.05) is 30.8 Å². The van der Waals surface area contributed by atoms with Gasteiger partial charge in [0.1, 0.15) is 5.82 Å². The zero-order valence-electron chi connectivity index (χ0n) is 16.8. The summed E-state index contributed by atoms with van der Waals surface area (Å²) in [7, 11) is 0. The molecule has 2 aromatic rings. The smallest absolute Gasteiger partial charge is 0.251 e. The molecule has 1 N–H and O–H groups in total. The first-order valence-electron chi connectivity index (χ1n) is 9.78. The van der Waals surface area contributed by atoms with Crippen molar-refractivity contribution in [2.75, 3.05) is 31.2 Å². The summed E-state index contributed by atoms with van der Waals surface area (Å²) in [5.41, 5.74) is 2.81. The fourth-order valence-electron chi connectivity index (χ4n) is 2.96. The standard InChI is InChI=1S/C21H28N4O2S/c1-4-18-13-19(25-8-10-27-11-9-25)24-21(23-18)28-14-16-6-5-7-17(12-16)20(26)22-15(2)3/h5-7,12-13,15H,4,8-11,14H2,1-3H3,(H,22,26). The Balaban J connectivity index is 1.71. The summed E-state index contributed by atoms with van der Waals surface area (Å²) in [6.07, 6.45) is 0.873. The van der Waals surface area contributed by atoms with Crippen LogP contribution in [0.4, 0.5) is 5.82 Å². The fraction of sp³-hybridized carbons (Fsp3) is 0.476. The topological polar surface area (TPSA) is 67.3 Å². The molecule has 1 aliphatic rings. The highest BCUT2D eigenvalue weighted by molar-refractivity contribution is 7.98. The van der Waals surface area contributed by atoms with Gasteiger partial charge in [0, 0.05) is 42.2 Å². The molecule has 7 heteroatoms. The van der Waals surface area contributed by atoms with Crippen LogP contribution in [-0.2, 0) is 16.9 Å². The molecule has 0 atom stereocenters. The second-order valence-corrected chi connectivity index (χ2v) is 8.01. The van der Waals surface area contributed by atoms with Crippen LogP contribution in [0.2, 0.25) is 0 Å². The Labute approximate surface area is 171 Å². The van der Waals surface area contributed by atoms with E-state index in [9.17, 15) is 4.79 Å². The summed E-state index contributed by atoms with van der Waals surface area (Å²) in [4.78, 5) is 23.9. The predicted molar refractivity (Wildman–Crippen MR) is 113 cm³/mol. The lowest BCUT2D eigenvalue weighted by atomic mass is 10.1. The fourth-order valence-corrected chi connectivity index (χ4v) is 3.77. The Kier molecular flexibility index (Phi) is 7.28. The van der Waals surface area contributed by atoms with E-state index in [1.807, 2.05) is 38.1 Å². The maximum absolute atomic E-state index is 12.2. The molecule has 1 fully saturated rings. The van der Waals surface area contributed by atoms with Crippen LogP contribution in [0, 0.1) is 0 Å². The Morgan fingerprint density at radius 2 is 2.04 bits per heavy atom. The number of anilines is 1. The van der Waals surface area contributed by atoms with E-state index in [0.29, 0.717) is 5.56 Å². The molecule has 0 spiro atoms. The van der Waals surface area contributed by atoms with Crippen LogP contribution in [0.15, 0.2) is 35.5 Å². The third kappa shape index (κ3) is 5.69. The van der Waals surface area contributed by atoms with Crippen molar-refractivity contribution in [1.82, 2.24) is 15.3 Å². The highest BCUT2D eigenvalue weighted by Gasteiger charge is 2.15. The number of ether oxygens (including phenoxy) is 1. The van der Waals surface area contributed by atoms with E-state index in [2.05, 4.69) is 28.2 Å². The molecule has 6 nitrogen and oxygen atoms in total. The second kappa shape index (κ2) is 9.89. The summed E-state index contributed by atoms with van der Waals surface area (Å²) in [5, 5.41) is 3.71. The van der Waals surface area contributed by atoms with Crippen LogP contribution in [0.5, 0.6) is 0 Å². The highest BCUT2D eigenvalue weighted by atomic mass is 32.2. The number of thioether (sulfide) groups is 1. The van der Waals surface area contributed by atoms with E-state index in [-0.39, 0.29) is 11.9 Å². The van der Waals surface area contributed by atoms with Gasteiger partial charge in [0.2, 0.25) is 0 Å². The number of aromatic nitrogens is 2. The summed E-state index contributed by atoms with van der Waals surface area (Å²) < 4.78 is 5.44. The Hall–Kier alpha value is -2.12. The van der Waals surface area contributed by atoms with Crippen LogP contribution in [0.25, 0.3) is 0 Å². The number of benzene rings is 1. The number of aryl methyl sites for hydroxylation is 1. The van der Waals surface area contributed by atoms with Gasteiger partial charge in [-0.3, -0.25) is 4.79 Å². The normalized spacial score (nSPS) is 14.4. The van der Waals surface area contributed by atoms with E-state index >= 15 is 0 Å². The Morgan fingerprint density at radius 3 is 2.75 bits per heavy atom. The average Bonchev–Trinajstić information content (AvgIpc) is 2.72. The number of carbonyl (C=O) groups is 1. The van der Waals surface area contributed by atoms with Crippen molar-refractivity contribution in [3.05, 3.63) is 47.2 Å². The molecular formula is C21H28N4O2S. The van der Waals surface area contributed by atoms with Gasteiger partial charge < -0.3 is 15.0 Å². The second-order valence-electron chi connectivity index (χ2n) is 7.07. The van der Waals surface area contributed by atoms with Gasteiger partial charge in [-0.15, -0.1) is 0 Å². The van der Waals surface area contributed by atoms with E-state index in [0.717, 1.165) is 60.7 Å². The third-order valence-electron chi connectivity index (χ3n) is 4.42. The minimum Gasteiger partial charge on any atom is -0.378 e. The minimum absolute atomic E-state index is 0.0410. The van der Waals surface area contributed by atoms with Crippen molar-refractivity contribution >= 4 is 23.5 Å². The number of morpholine rings is 1. The van der Waals surface area contributed by atoms with E-state index < -0.39 is 0 Å². The highest BCUT2D eigenvalue weighted by Crippen LogP contribution is 2.24. The summed E-state index contributed by atoms with van der Waals surface area (Å²) in [5.74, 6) is 1.65. The third-order valence-corrected chi connectivity index (χ3v) is 5.34. The lowest BCUT2D eigenvalue weighted by Crippen LogP contribution is -2.37. The molecule has 0 saturated carbocycles. The molecule has 1 aromatic carbocycles. The maximum Gasteiger partial charge on any atom is 0.251 e. The minimum atomic E-state index is -0.0410. The van der Waals surface area contributed by atoms with Crippen molar-refractivity contribution in [2.45, 2.75) is 44.1 Å². The first-order valence-corrected chi connectivity index (χ1v) is 10.8. The summed E-state index contributed by atoms with van der Waals surface area (Å²) >= 11 is 1.60. The number of hydrogen-bond acceptors (Lipinski definition) is 6. The monoisotopic (exact) mass is 400 g/mol. The molecule has 2 heterocycles. The van der Waals surface area contributed by atoms with E-state index in [1.165, 1.54) is 0 Å². The van der Waals surface area contributed by atoms with Gasteiger partial charge in [-0.05, 0) is 38.0 Å². The van der Waals surface area contributed by atoms with Gasteiger partial charge in [-0.2, -0.15) is 0 Å². The zero-order valence-corrected chi connectivity index (χ0v) is 17.6. The Morgan fingerprint density at radius 1 is 1.25 bits per heavy atom. The predicted octanol–water partition coefficient (Wildman–Crippen LogP) is 3.31. The molecule has 1 amide bonds. The SMILES string of the molecule is CCc1cc(N2CCOCC2)nc(SCc2cccc(C(=O)NC(C)C)c2)n1. The van der Waals surface area contributed by atoms with Crippen molar-refractivity contribution in [2.24, 2.45) is 0 Å². The van der Waals surface area contributed by atoms with Crippen LogP contribution < -0.4 is 10.2 Å². The molecule has 0 aliphatic carbocycles. The van der Waals surface area contributed by atoms with E-state index in [1.54, 1.807) is 11.8 Å². The number of nitrogens with zero attached hydrogens (tertiary/aromatic N) is 3. The molecule has 0 bridgehead atoms. The van der Waals surface area contributed by atoms with Crippen molar-refractivity contribution in [3.63, 3.8) is 0 Å². The average molecular weight is 401 g/mol. The molecule has 0 radical (unpaired) electrons. The lowest BCUT2D eigenvalue weighted by Gasteiger charge is -2.28. The largest absolute Gasteiger partial charge is 0.378 e. The van der Waals surface area contributed by atoms with Gasteiger partial charge in [0.25, 0.3) is 5.91 Å². The zero-order chi connectivity index (χ0) is 19.9. The van der Waals surface area contributed by atoms with E-state index in [4.69, 9.17) is 9.72 Å².